The van der Waals surface area contributed by atoms with Crippen molar-refractivity contribution in [3.8, 4) is 23.6 Å². The van der Waals surface area contributed by atoms with Gasteiger partial charge in [0, 0.05) is 16.2 Å². The Morgan fingerprint density at radius 2 is 1.62 bits per heavy atom. The van der Waals surface area contributed by atoms with Crippen molar-refractivity contribution < 1.29 is 4.74 Å². The van der Waals surface area contributed by atoms with Gasteiger partial charge in [0.15, 0.2) is 5.43 Å². The third kappa shape index (κ3) is 3.16. The molecule has 0 fully saturated rings. The van der Waals surface area contributed by atoms with Crippen LogP contribution < -0.4 is 15.4 Å². The summed E-state index contributed by atoms with van der Waals surface area (Å²) in [5, 5.41) is 21.3. The average Bonchev–Trinajstić information content (AvgIpc) is 3.00. The molecule has 0 spiro atoms. The highest BCUT2D eigenvalue weighted by molar-refractivity contribution is 6.14. The molecule has 0 unspecified atom stereocenters. The summed E-state index contributed by atoms with van der Waals surface area (Å²) < 4.78 is 6.12. The number of nitriles is 2. The van der Waals surface area contributed by atoms with Crippen LogP contribution in [0.1, 0.15) is 19.4 Å². The Morgan fingerprint density at radius 1 is 0.931 bits per heavy atom. The molecule has 4 heteroatoms. The lowest BCUT2D eigenvalue weighted by molar-refractivity contribution is 0.488. The molecular weight excluding hydrogens is 360 g/mol. The van der Waals surface area contributed by atoms with Gasteiger partial charge < -0.3 is 4.74 Å². The summed E-state index contributed by atoms with van der Waals surface area (Å²) in [6.07, 6.45) is 1.01. The molecular formula is C25H18N2O2. The normalized spacial score (nSPS) is 10.9. The van der Waals surface area contributed by atoms with Gasteiger partial charge in [-0.2, -0.15) is 10.5 Å². The standard InChI is InChI=1S/C25H18N2O2/c1-15(2)12-16-6-8-18(9-7-16)29-22-11-10-20-23(17(13-26)14-27)25(28)21-5-3-4-19(22)24(20)21/h3-11,15H,12H2,1-2H3. The SMILES string of the molecule is CC(C)Cc1ccc(Oc2ccc3c(=C(C#N)C#N)c(=O)c4cccc2c43)cc1. The lowest BCUT2D eigenvalue weighted by atomic mass is 10.0. The lowest BCUT2D eigenvalue weighted by Crippen LogP contribution is -2.21. The molecule has 0 amide bonds. The van der Waals surface area contributed by atoms with Crippen LogP contribution in [0.4, 0.5) is 0 Å². The zero-order valence-corrected chi connectivity index (χ0v) is 16.2. The van der Waals surface area contributed by atoms with Crippen molar-refractivity contribution in [3.63, 3.8) is 0 Å². The molecule has 4 aromatic rings. The highest BCUT2D eigenvalue weighted by Crippen LogP contribution is 2.34. The Balaban J connectivity index is 1.86. The zero-order valence-electron chi connectivity index (χ0n) is 16.2. The van der Waals surface area contributed by atoms with Gasteiger partial charge >= 0.3 is 0 Å². The molecule has 4 nitrogen and oxygen atoms in total. The predicted octanol–water partition coefficient (Wildman–Crippen LogP) is 4.70. The van der Waals surface area contributed by atoms with Gasteiger partial charge in [-0.05, 0) is 47.6 Å². The Bertz CT molecular complexity index is 1390. The summed E-state index contributed by atoms with van der Waals surface area (Å²) in [5.41, 5.74) is 0.800. The van der Waals surface area contributed by atoms with Crippen LogP contribution in [0, 0.1) is 28.6 Å². The molecule has 0 atom stereocenters. The summed E-state index contributed by atoms with van der Waals surface area (Å²) in [6.45, 7) is 4.37. The zero-order chi connectivity index (χ0) is 20.5. The van der Waals surface area contributed by atoms with E-state index >= 15 is 0 Å². The van der Waals surface area contributed by atoms with Crippen molar-refractivity contribution in [2.45, 2.75) is 20.3 Å². The van der Waals surface area contributed by atoms with E-state index in [2.05, 4.69) is 26.0 Å². The summed E-state index contributed by atoms with van der Waals surface area (Å²) in [7, 11) is 0. The molecule has 29 heavy (non-hydrogen) atoms. The van der Waals surface area contributed by atoms with Crippen LogP contribution >= 0.6 is 0 Å². The fraction of sp³-hybridized carbons (Fsp3) is 0.160. The van der Waals surface area contributed by atoms with Crippen LogP contribution in [-0.4, -0.2) is 0 Å². The minimum Gasteiger partial charge on any atom is -0.457 e. The summed E-state index contributed by atoms with van der Waals surface area (Å²) >= 11 is 0. The van der Waals surface area contributed by atoms with E-state index < -0.39 is 0 Å². The summed E-state index contributed by atoms with van der Waals surface area (Å²) in [5.74, 6) is 1.93. The molecule has 0 aliphatic rings. The van der Waals surface area contributed by atoms with E-state index in [0.29, 0.717) is 28.2 Å². The first kappa shape index (κ1) is 18.5. The second-order valence-corrected chi connectivity index (χ2v) is 7.49. The maximum atomic E-state index is 12.8. The highest BCUT2D eigenvalue weighted by atomic mass is 16.5. The second kappa shape index (κ2) is 7.26. The number of hydrogen-bond acceptors (Lipinski definition) is 4. The molecule has 140 valence electrons. The van der Waals surface area contributed by atoms with E-state index in [0.717, 1.165) is 17.2 Å². The first-order valence-corrected chi connectivity index (χ1v) is 9.45. The van der Waals surface area contributed by atoms with Gasteiger partial charge in [-0.25, -0.2) is 0 Å². The quantitative estimate of drug-likeness (QED) is 0.516. The Hall–Kier alpha value is -3.89. The van der Waals surface area contributed by atoms with Crippen LogP contribution in [0.25, 0.3) is 27.1 Å². The molecule has 0 aromatic heterocycles. The largest absolute Gasteiger partial charge is 0.457 e. The predicted molar refractivity (Wildman–Crippen MR) is 114 cm³/mol. The van der Waals surface area contributed by atoms with Crippen LogP contribution in [0.3, 0.4) is 0 Å². The lowest BCUT2D eigenvalue weighted by Gasteiger charge is -2.11. The number of nitrogens with zero attached hydrogens (tertiary/aromatic N) is 2. The maximum absolute atomic E-state index is 12.8. The van der Waals surface area contributed by atoms with Crippen LogP contribution in [0.2, 0.25) is 0 Å². The van der Waals surface area contributed by atoms with E-state index in [9.17, 15) is 15.3 Å². The first-order chi connectivity index (χ1) is 14.0. The second-order valence-electron chi connectivity index (χ2n) is 7.49. The molecule has 0 heterocycles. The molecule has 0 N–H and O–H groups in total. The van der Waals surface area contributed by atoms with E-state index in [1.807, 2.05) is 30.3 Å². The highest BCUT2D eigenvalue weighted by Gasteiger charge is 2.17. The van der Waals surface area contributed by atoms with Crippen molar-refractivity contribution in [1.82, 2.24) is 0 Å². The van der Waals surface area contributed by atoms with E-state index in [4.69, 9.17) is 4.74 Å². The van der Waals surface area contributed by atoms with Crippen LogP contribution in [-0.2, 0) is 6.42 Å². The monoisotopic (exact) mass is 378 g/mol. The summed E-state index contributed by atoms with van der Waals surface area (Å²) in [6, 6.07) is 20.6. The van der Waals surface area contributed by atoms with E-state index in [1.54, 1.807) is 24.3 Å². The van der Waals surface area contributed by atoms with Crippen LogP contribution in [0.15, 0.2) is 59.4 Å². The van der Waals surface area contributed by atoms with Gasteiger partial charge in [-0.15, -0.1) is 0 Å². The molecule has 0 saturated carbocycles. The van der Waals surface area contributed by atoms with Crippen molar-refractivity contribution in [2.24, 2.45) is 5.92 Å². The van der Waals surface area contributed by atoms with Crippen LogP contribution in [0.5, 0.6) is 11.5 Å². The van der Waals surface area contributed by atoms with E-state index in [1.165, 1.54) is 5.56 Å². The molecule has 0 aliphatic carbocycles. The maximum Gasteiger partial charge on any atom is 0.196 e. The average molecular weight is 378 g/mol. The van der Waals surface area contributed by atoms with Crippen molar-refractivity contribution >= 4 is 27.1 Å². The third-order valence-corrected chi connectivity index (χ3v) is 5.01. The summed E-state index contributed by atoms with van der Waals surface area (Å²) in [4.78, 5) is 12.8. The molecule has 0 saturated heterocycles. The fourth-order valence-corrected chi connectivity index (χ4v) is 3.80. The first-order valence-electron chi connectivity index (χ1n) is 9.45. The topological polar surface area (TPSA) is 73.9 Å². The Labute approximate surface area is 168 Å². The van der Waals surface area contributed by atoms with Gasteiger partial charge in [0.2, 0.25) is 0 Å². The minimum atomic E-state index is -0.293. The van der Waals surface area contributed by atoms with Gasteiger partial charge in [-0.3, -0.25) is 4.79 Å². The molecule has 0 radical (unpaired) electrons. The molecule has 4 aromatic carbocycles. The number of rotatable bonds is 4. The Kier molecular flexibility index (Phi) is 4.63. The van der Waals surface area contributed by atoms with Crippen molar-refractivity contribution in [3.05, 3.63) is 75.6 Å². The van der Waals surface area contributed by atoms with Gasteiger partial charge in [0.05, 0.1) is 5.22 Å². The molecule has 4 rings (SSSR count). The van der Waals surface area contributed by atoms with Crippen molar-refractivity contribution in [1.29, 1.82) is 10.5 Å². The fourth-order valence-electron chi connectivity index (χ4n) is 3.80. The number of hydrogen-bond donors (Lipinski definition) is 0. The molecule has 0 aliphatic heterocycles. The van der Waals surface area contributed by atoms with Gasteiger partial charge in [-0.1, -0.05) is 44.2 Å². The smallest absolute Gasteiger partial charge is 0.196 e. The minimum absolute atomic E-state index is 0.165. The van der Waals surface area contributed by atoms with Gasteiger partial charge in [0.25, 0.3) is 0 Å². The van der Waals surface area contributed by atoms with Crippen molar-refractivity contribution in [2.75, 3.05) is 0 Å². The number of benzene rings is 3. The third-order valence-electron chi connectivity index (χ3n) is 5.01. The Morgan fingerprint density at radius 3 is 2.28 bits per heavy atom. The van der Waals surface area contributed by atoms with Gasteiger partial charge in [0.1, 0.15) is 29.2 Å². The van der Waals surface area contributed by atoms with E-state index in [-0.39, 0.29) is 16.2 Å². The number of ether oxygens (including phenoxy) is 1. The molecule has 0 bridgehead atoms.